The van der Waals surface area contributed by atoms with Gasteiger partial charge in [-0.2, -0.15) is 0 Å². The van der Waals surface area contributed by atoms with E-state index >= 15 is 0 Å². The number of phenols is 1. The zero-order valence-electron chi connectivity index (χ0n) is 12.8. The molecule has 0 aliphatic carbocycles. The number of benzene rings is 2. The molecule has 0 spiro atoms. The number of amides is 1. The molecule has 1 aliphatic rings. The van der Waals surface area contributed by atoms with Crippen LogP contribution >= 0.6 is 0 Å². The Kier molecular flexibility index (Phi) is 3.49. The van der Waals surface area contributed by atoms with Gasteiger partial charge in [0, 0.05) is 12.1 Å². The number of hydrogen-bond donors (Lipinski definition) is 1. The van der Waals surface area contributed by atoms with Crippen molar-refractivity contribution in [3.05, 3.63) is 76.9 Å². The van der Waals surface area contributed by atoms with Crippen LogP contribution in [-0.2, 0) is 6.54 Å². The third-order valence-electron chi connectivity index (χ3n) is 4.33. The van der Waals surface area contributed by atoms with Gasteiger partial charge in [0.1, 0.15) is 5.75 Å². The lowest BCUT2D eigenvalue weighted by Gasteiger charge is -2.23. The fourth-order valence-electron chi connectivity index (χ4n) is 3.20. The van der Waals surface area contributed by atoms with E-state index in [0.29, 0.717) is 12.1 Å². The molecule has 1 atom stereocenters. The number of hydrogen-bond acceptors (Lipinski definition) is 2. The number of fused-ring (bicyclic) bond motifs is 1. The Bertz CT molecular complexity index is 750. The molecule has 3 nitrogen and oxygen atoms in total. The monoisotopic (exact) mass is 293 g/mol. The molecule has 1 unspecified atom stereocenters. The minimum atomic E-state index is -0.200. The number of nitrogens with zero attached hydrogens (tertiary/aromatic N) is 1. The van der Waals surface area contributed by atoms with Crippen LogP contribution in [0.25, 0.3) is 0 Å². The summed E-state index contributed by atoms with van der Waals surface area (Å²) in [4.78, 5) is 14.7. The summed E-state index contributed by atoms with van der Waals surface area (Å²) >= 11 is 0. The first-order chi connectivity index (χ1) is 10.5. The maximum absolute atomic E-state index is 12.9. The van der Waals surface area contributed by atoms with Crippen molar-refractivity contribution in [2.75, 3.05) is 0 Å². The van der Waals surface area contributed by atoms with Gasteiger partial charge in [0.25, 0.3) is 5.91 Å². The Balaban J connectivity index is 2.08. The standard InChI is InChI=1S/C19H19NO2/c1-4-15-18-13(3)16(21)10-12(2)17(18)19(22)20(15)11-14-8-6-5-7-9-14/h4-10,15,21H,1,11H2,2-3H3. The maximum atomic E-state index is 12.9. The molecule has 0 fully saturated rings. The van der Waals surface area contributed by atoms with Crippen LogP contribution in [0.15, 0.2) is 49.1 Å². The molecule has 3 heteroatoms. The fraction of sp³-hybridized carbons (Fsp3) is 0.211. The first-order valence-corrected chi connectivity index (χ1v) is 7.35. The first kappa shape index (κ1) is 14.4. The van der Waals surface area contributed by atoms with Gasteiger partial charge in [-0.05, 0) is 42.2 Å². The van der Waals surface area contributed by atoms with Crippen molar-refractivity contribution in [2.24, 2.45) is 0 Å². The van der Waals surface area contributed by atoms with E-state index < -0.39 is 0 Å². The average Bonchev–Trinajstić information content (AvgIpc) is 2.79. The minimum Gasteiger partial charge on any atom is -0.508 e. The summed E-state index contributed by atoms with van der Waals surface area (Å²) < 4.78 is 0. The van der Waals surface area contributed by atoms with E-state index in [0.717, 1.165) is 22.3 Å². The Morgan fingerprint density at radius 2 is 1.95 bits per heavy atom. The number of phenolic OH excluding ortho intramolecular Hbond substituents is 1. The summed E-state index contributed by atoms with van der Waals surface area (Å²) in [5.74, 6) is 0.238. The highest BCUT2D eigenvalue weighted by Gasteiger charge is 2.38. The smallest absolute Gasteiger partial charge is 0.255 e. The van der Waals surface area contributed by atoms with Crippen LogP contribution < -0.4 is 0 Å². The van der Waals surface area contributed by atoms with Crippen LogP contribution in [0.3, 0.4) is 0 Å². The van der Waals surface area contributed by atoms with E-state index in [1.165, 1.54) is 0 Å². The lowest BCUT2D eigenvalue weighted by Crippen LogP contribution is -2.26. The molecule has 0 saturated carbocycles. The van der Waals surface area contributed by atoms with E-state index in [4.69, 9.17) is 0 Å². The van der Waals surface area contributed by atoms with E-state index in [9.17, 15) is 9.90 Å². The molecule has 1 aliphatic heterocycles. The number of aromatic hydroxyl groups is 1. The first-order valence-electron chi connectivity index (χ1n) is 7.35. The van der Waals surface area contributed by atoms with Crippen molar-refractivity contribution in [1.82, 2.24) is 4.90 Å². The van der Waals surface area contributed by atoms with Gasteiger partial charge in [0.2, 0.25) is 0 Å². The third kappa shape index (κ3) is 2.10. The summed E-state index contributed by atoms with van der Waals surface area (Å²) in [5.41, 5.74) is 4.24. The van der Waals surface area contributed by atoms with Crippen molar-refractivity contribution in [1.29, 1.82) is 0 Å². The van der Waals surface area contributed by atoms with Gasteiger partial charge in [-0.15, -0.1) is 6.58 Å². The molecule has 22 heavy (non-hydrogen) atoms. The molecule has 0 aromatic heterocycles. The molecule has 3 rings (SSSR count). The summed E-state index contributed by atoms with van der Waals surface area (Å²) in [6.45, 7) is 8.14. The molecular weight excluding hydrogens is 274 g/mol. The Morgan fingerprint density at radius 1 is 1.27 bits per heavy atom. The molecule has 2 aromatic rings. The summed E-state index contributed by atoms with van der Waals surface area (Å²) in [6, 6.07) is 11.4. The summed E-state index contributed by atoms with van der Waals surface area (Å²) in [6.07, 6.45) is 1.78. The van der Waals surface area contributed by atoms with Gasteiger partial charge in [0.15, 0.2) is 0 Å². The molecule has 1 N–H and O–H groups in total. The number of aryl methyl sites for hydroxylation is 1. The van der Waals surface area contributed by atoms with Gasteiger partial charge >= 0.3 is 0 Å². The van der Waals surface area contributed by atoms with Crippen molar-refractivity contribution in [2.45, 2.75) is 26.4 Å². The predicted octanol–water partition coefficient (Wildman–Crippen LogP) is 3.89. The normalized spacial score (nSPS) is 16.7. The van der Waals surface area contributed by atoms with Crippen molar-refractivity contribution < 1.29 is 9.90 Å². The Hall–Kier alpha value is -2.55. The number of carbonyl (C=O) groups excluding carboxylic acids is 1. The largest absolute Gasteiger partial charge is 0.508 e. The molecule has 1 amide bonds. The lowest BCUT2D eigenvalue weighted by molar-refractivity contribution is 0.0740. The second kappa shape index (κ2) is 5.34. The number of rotatable bonds is 3. The van der Waals surface area contributed by atoms with Crippen LogP contribution in [0.5, 0.6) is 5.75 Å². The zero-order chi connectivity index (χ0) is 15.9. The van der Waals surface area contributed by atoms with Gasteiger partial charge < -0.3 is 10.0 Å². The van der Waals surface area contributed by atoms with Crippen molar-refractivity contribution in [3.8, 4) is 5.75 Å². The van der Waals surface area contributed by atoms with E-state index in [1.807, 2.05) is 49.1 Å². The van der Waals surface area contributed by atoms with E-state index in [2.05, 4.69) is 6.58 Å². The van der Waals surface area contributed by atoms with Gasteiger partial charge in [0.05, 0.1) is 6.04 Å². The quantitative estimate of drug-likeness (QED) is 0.872. The summed E-state index contributed by atoms with van der Waals surface area (Å²) in [7, 11) is 0. The highest BCUT2D eigenvalue weighted by molar-refractivity contribution is 6.01. The topological polar surface area (TPSA) is 40.5 Å². The molecule has 112 valence electrons. The molecule has 0 radical (unpaired) electrons. The molecule has 0 saturated heterocycles. The van der Waals surface area contributed by atoms with Crippen LogP contribution in [0.1, 0.15) is 38.7 Å². The van der Waals surface area contributed by atoms with E-state index in [1.54, 1.807) is 12.1 Å². The molecular formula is C19H19NO2. The Morgan fingerprint density at radius 3 is 2.59 bits per heavy atom. The lowest BCUT2D eigenvalue weighted by atomic mass is 9.94. The summed E-state index contributed by atoms with van der Waals surface area (Å²) in [5, 5.41) is 10.1. The zero-order valence-corrected chi connectivity index (χ0v) is 12.8. The van der Waals surface area contributed by atoms with Crippen LogP contribution in [-0.4, -0.2) is 15.9 Å². The van der Waals surface area contributed by atoms with E-state index in [-0.39, 0.29) is 17.7 Å². The minimum absolute atomic E-state index is 0.00403. The Labute approximate surface area is 130 Å². The molecule has 1 heterocycles. The molecule has 0 bridgehead atoms. The fourth-order valence-corrected chi connectivity index (χ4v) is 3.20. The number of carbonyl (C=O) groups is 1. The van der Waals surface area contributed by atoms with Gasteiger partial charge in [-0.25, -0.2) is 0 Å². The highest BCUT2D eigenvalue weighted by atomic mass is 16.3. The van der Waals surface area contributed by atoms with Crippen LogP contribution in [0.4, 0.5) is 0 Å². The van der Waals surface area contributed by atoms with Gasteiger partial charge in [-0.1, -0.05) is 36.4 Å². The molecule has 2 aromatic carbocycles. The SMILES string of the molecule is C=CC1c2c(C)c(O)cc(C)c2C(=O)N1Cc1ccccc1. The average molecular weight is 293 g/mol. The van der Waals surface area contributed by atoms with Gasteiger partial charge in [-0.3, -0.25) is 4.79 Å². The highest BCUT2D eigenvalue weighted by Crippen LogP contribution is 2.42. The van der Waals surface area contributed by atoms with Crippen LogP contribution in [0, 0.1) is 13.8 Å². The second-order valence-corrected chi connectivity index (χ2v) is 5.73. The predicted molar refractivity (Wildman–Crippen MR) is 86.8 cm³/mol. The second-order valence-electron chi connectivity index (χ2n) is 5.73. The maximum Gasteiger partial charge on any atom is 0.255 e. The van der Waals surface area contributed by atoms with Crippen molar-refractivity contribution >= 4 is 5.91 Å². The van der Waals surface area contributed by atoms with Crippen molar-refractivity contribution in [3.63, 3.8) is 0 Å². The van der Waals surface area contributed by atoms with Crippen LogP contribution in [0.2, 0.25) is 0 Å². The third-order valence-corrected chi connectivity index (χ3v) is 4.33.